The first-order chi connectivity index (χ1) is 7.75. The van der Waals surface area contributed by atoms with Crippen molar-refractivity contribution in [3.8, 4) is 5.69 Å². The van der Waals surface area contributed by atoms with Crippen molar-refractivity contribution in [1.29, 1.82) is 0 Å². The van der Waals surface area contributed by atoms with Gasteiger partial charge in [-0.3, -0.25) is 0 Å². The molecule has 1 aromatic carbocycles. The molecule has 2 aromatic rings. The zero-order chi connectivity index (χ0) is 11.4. The lowest BCUT2D eigenvalue weighted by Crippen LogP contribution is -1.93. The Morgan fingerprint density at radius 1 is 1.31 bits per heavy atom. The molecule has 1 N–H and O–H groups in total. The summed E-state index contributed by atoms with van der Waals surface area (Å²) in [5.41, 5.74) is 1.70. The average Bonchev–Trinajstić information content (AvgIpc) is 2.80. The average molecular weight is 215 g/mol. The molecule has 0 spiro atoms. The van der Waals surface area contributed by atoms with E-state index in [0.717, 1.165) is 17.3 Å². The van der Waals surface area contributed by atoms with Crippen LogP contribution in [0.3, 0.4) is 0 Å². The fraction of sp³-hybridized carbons (Fsp3) is 0. The molecule has 0 fully saturated rings. The molecule has 0 aliphatic rings. The maximum atomic E-state index is 10.3. The van der Waals surface area contributed by atoms with Crippen LogP contribution < -0.4 is 0 Å². The van der Waals surface area contributed by atoms with Gasteiger partial charge in [-0.25, -0.2) is 14.5 Å². The van der Waals surface area contributed by atoms with Gasteiger partial charge in [-0.05, 0) is 23.8 Å². The Labute approximate surface area is 91.7 Å². The van der Waals surface area contributed by atoms with Crippen LogP contribution in [0.4, 0.5) is 0 Å². The van der Waals surface area contributed by atoms with Crippen molar-refractivity contribution in [2.75, 3.05) is 0 Å². The van der Waals surface area contributed by atoms with Gasteiger partial charge in [0, 0.05) is 6.08 Å². The molecule has 5 nitrogen and oxygen atoms in total. The third-order valence-electron chi connectivity index (χ3n) is 1.99. The highest BCUT2D eigenvalue weighted by molar-refractivity contribution is 5.85. The van der Waals surface area contributed by atoms with Crippen LogP contribution in [0.1, 0.15) is 5.56 Å². The van der Waals surface area contributed by atoms with Crippen LogP contribution >= 0.6 is 0 Å². The van der Waals surface area contributed by atoms with E-state index in [4.69, 9.17) is 5.11 Å². The van der Waals surface area contributed by atoms with E-state index >= 15 is 0 Å². The minimum Gasteiger partial charge on any atom is -0.478 e. The molecule has 80 valence electrons. The third-order valence-corrected chi connectivity index (χ3v) is 1.99. The normalized spacial score (nSPS) is 10.8. The standard InChI is InChI=1S/C11H9N3O2/c15-11(16)6-3-9-1-4-10(5-2-9)14-8-12-7-13-14/h1-8H,(H,15,16)/b6-3+. The Morgan fingerprint density at radius 2 is 2.06 bits per heavy atom. The van der Waals surface area contributed by atoms with E-state index in [1.807, 2.05) is 24.3 Å². The van der Waals surface area contributed by atoms with Gasteiger partial charge in [0.1, 0.15) is 12.7 Å². The molecule has 0 saturated heterocycles. The van der Waals surface area contributed by atoms with E-state index in [-0.39, 0.29) is 0 Å². The van der Waals surface area contributed by atoms with Crippen LogP contribution in [0, 0.1) is 0 Å². The number of nitrogens with zero attached hydrogens (tertiary/aromatic N) is 3. The van der Waals surface area contributed by atoms with Crippen LogP contribution in [0.15, 0.2) is 43.0 Å². The van der Waals surface area contributed by atoms with Crippen molar-refractivity contribution < 1.29 is 9.90 Å². The molecule has 5 heteroatoms. The van der Waals surface area contributed by atoms with Crippen LogP contribution in [0.25, 0.3) is 11.8 Å². The maximum Gasteiger partial charge on any atom is 0.328 e. The molecule has 0 aliphatic heterocycles. The number of hydrogen-bond donors (Lipinski definition) is 1. The molecule has 16 heavy (non-hydrogen) atoms. The van der Waals surface area contributed by atoms with E-state index in [1.54, 1.807) is 11.0 Å². The highest BCUT2D eigenvalue weighted by Crippen LogP contribution is 2.09. The Morgan fingerprint density at radius 3 is 2.62 bits per heavy atom. The van der Waals surface area contributed by atoms with Gasteiger partial charge < -0.3 is 5.11 Å². The highest BCUT2D eigenvalue weighted by Gasteiger charge is 1.95. The van der Waals surface area contributed by atoms with Crippen molar-refractivity contribution in [3.63, 3.8) is 0 Å². The molecule has 0 unspecified atom stereocenters. The second kappa shape index (κ2) is 4.39. The number of aromatic nitrogens is 3. The summed E-state index contributed by atoms with van der Waals surface area (Å²) in [6, 6.07) is 7.32. The molecule has 0 aliphatic carbocycles. The molecule has 0 saturated carbocycles. The van der Waals surface area contributed by atoms with E-state index < -0.39 is 5.97 Å². The van der Waals surface area contributed by atoms with Crippen LogP contribution in [0.5, 0.6) is 0 Å². The van der Waals surface area contributed by atoms with E-state index in [1.165, 1.54) is 12.4 Å². The fourth-order valence-corrected chi connectivity index (χ4v) is 1.25. The monoisotopic (exact) mass is 215 g/mol. The smallest absolute Gasteiger partial charge is 0.328 e. The van der Waals surface area contributed by atoms with E-state index in [9.17, 15) is 4.79 Å². The lowest BCUT2D eigenvalue weighted by Gasteiger charge is -1.99. The molecule has 1 heterocycles. The number of rotatable bonds is 3. The Hall–Kier alpha value is -2.43. The van der Waals surface area contributed by atoms with Gasteiger partial charge in [0.05, 0.1) is 5.69 Å². The van der Waals surface area contributed by atoms with Crippen molar-refractivity contribution in [2.24, 2.45) is 0 Å². The highest BCUT2D eigenvalue weighted by atomic mass is 16.4. The van der Waals surface area contributed by atoms with E-state index in [0.29, 0.717) is 0 Å². The second-order valence-corrected chi connectivity index (χ2v) is 3.10. The first-order valence-corrected chi connectivity index (χ1v) is 4.62. The molecule has 0 amide bonds. The summed E-state index contributed by atoms with van der Waals surface area (Å²) in [6.07, 6.45) is 5.69. The summed E-state index contributed by atoms with van der Waals surface area (Å²) in [5, 5.41) is 12.5. The van der Waals surface area contributed by atoms with Gasteiger partial charge in [0.15, 0.2) is 0 Å². The number of benzene rings is 1. The number of aliphatic carboxylic acids is 1. The summed E-state index contributed by atoms with van der Waals surface area (Å²) in [7, 11) is 0. The lowest BCUT2D eigenvalue weighted by atomic mass is 10.2. The Kier molecular flexibility index (Phi) is 2.77. The summed E-state index contributed by atoms with van der Waals surface area (Å²) < 4.78 is 1.63. The van der Waals surface area contributed by atoms with Gasteiger partial charge in [0.25, 0.3) is 0 Å². The Balaban J connectivity index is 2.20. The molecule has 2 rings (SSSR count). The second-order valence-electron chi connectivity index (χ2n) is 3.10. The van der Waals surface area contributed by atoms with Crippen molar-refractivity contribution >= 4 is 12.0 Å². The molecule has 1 aromatic heterocycles. The first kappa shape index (κ1) is 10.1. The Bertz CT molecular complexity index is 501. The predicted octanol–water partition coefficient (Wildman–Crippen LogP) is 1.37. The predicted molar refractivity (Wildman–Crippen MR) is 58.0 cm³/mol. The minimum absolute atomic E-state index is 0.825. The van der Waals surface area contributed by atoms with E-state index in [2.05, 4.69) is 10.1 Å². The minimum atomic E-state index is -0.958. The SMILES string of the molecule is O=C(O)/C=C/c1ccc(-n2cncn2)cc1. The zero-order valence-electron chi connectivity index (χ0n) is 8.32. The topological polar surface area (TPSA) is 68.0 Å². The van der Waals surface area contributed by atoms with Gasteiger partial charge >= 0.3 is 5.97 Å². The van der Waals surface area contributed by atoms with Crippen LogP contribution in [-0.2, 0) is 4.79 Å². The van der Waals surface area contributed by atoms with Crippen LogP contribution in [0.2, 0.25) is 0 Å². The van der Waals surface area contributed by atoms with Crippen molar-refractivity contribution in [2.45, 2.75) is 0 Å². The van der Waals surface area contributed by atoms with Crippen molar-refractivity contribution in [1.82, 2.24) is 14.8 Å². The quantitative estimate of drug-likeness (QED) is 0.785. The zero-order valence-corrected chi connectivity index (χ0v) is 8.32. The summed E-state index contributed by atoms with van der Waals surface area (Å²) in [5.74, 6) is -0.958. The molecule has 0 bridgehead atoms. The van der Waals surface area contributed by atoms with Gasteiger partial charge in [-0.2, -0.15) is 5.10 Å². The number of carboxylic acids is 1. The first-order valence-electron chi connectivity index (χ1n) is 4.62. The summed E-state index contributed by atoms with van der Waals surface area (Å²) >= 11 is 0. The molecule has 0 radical (unpaired) electrons. The maximum absolute atomic E-state index is 10.3. The lowest BCUT2D eigenvalue weighted by molar-refractivity contribution is -0.131. The fourth-order valence-electron chi connectivity index (χ4n) is 1.25. The summed E-state index contributed by atoms with van der Waals surface area (Å²) in [6.45, 7) is 0. The molecular formula is C11H9N3O2. The molecular weight excluding hydrogens is 206 g/mol. The number of hydrogen-bond acceptors (Lipinski definition) is 3. The number of carboxylic acid groups (broad SMARTS) is 1. The summed E-state index contributed by atoms with van der Waals surface area (Å²) in [4.78, 5) is 14.2. The van der Waals surface area contributed by atoms with Gasteiger partial charge in [-0.1, -0.05) is 12.1 Å². The van der Waals surface area contributed by atoms with Crippen molar-refractivity contribution in [3.05, 3.63) is 48.6 Å². The number of carbonyl (C=O) groups is 1. The largest absolute Gasteiger partial charge is 0.478 e. The van der Waals surface area contributed by atoms with Gasteiger partial charge in [0.2, 0.25) is 0 Å². The molecule has 0 atom stereocenters. The van der Waals surface area contributed by atoms with Gasteiger partial charge in [-0.15, -0.1) is 0 Å². The van der Waals surface area contributed by atoms with Crippen LogP contribution in [-0.4, -0.2) is 25.8 Å². The third kappa shape index (κ3) is 2.33.